The summed E-state index contributed by atoms with van der Waals surface area (Å²) < 4.78 is 4.62. The van der Waals surface area contributed by atoms with Gasteiger partial charge in [-0.2, -0.15) is 0 Å². The Morgan fingerprint density at radius 1 is 1.00 bits per heavy atom. The van der Waals surface area contributed by atoms with E-state index in [0.717, 1.165) is 0 Å². The van der Waals surface area contributed by atoms with Gasteiger partial charge in [0.15, 0.2) is 5.11 Å². The van der Waals surface area contributed by atoms with Gasteiger partial charge >= 0.3 is 5.97 Å². The molecular formula is C16H13ClN2O3S. The summed E-state index contributed by atoms with van der Waals surface area (Å²) in [6, 6.07) is 13.0. The zero-order valence-corrected chi connectivity index (χ0v) is 13.7. The molecule has 0 atom stereocenters. The van der Waals surface area contributed by atoms with Gasteiger partial charge in [-0.1, -0.05) is 11.6 Å². The summed E-state index contributed by atoms with van der Waals surface area (Å²) in [5.74, 6) is -0.763. The Morgan fingerprint density at radius 3 is 2.13 bits per heavy atom. The number of carbonyl (C=O) groups excluding carboxylic acids is 2. The van der Waals surface area contributed by atoms with Crippen molar-refractivity contribution in [3.63, 3.8) is 0 Å². The molecule has 2 rings (SSSR count). The summed E-state index contributed by atoms with van der Waals surface area (Å²) in [6.07, 6.45) is 0. The fourth-order valence-electron chi connectivity index (χ4n) is 1.75. The molecule has 2 aromatic rings. The number of hydrogen-bond donors (Lipinski definition) is 2. The van der Waals surface area contributed by atoms with E-state index < -0.39 is 5.97 Å². The summed E-state index contributed by atoms with van der Waals surface area (Å²) in [7, 11) is 1.32. The van der Waals surface area contributed by atoms with E-state index in [4.69, 9.17) is 23.8 Å². The van der Waals surface area contributed by atoms with E-state index in [9.17, 15) is 9.59 Å². The highest BCUT2D eigenvalue weighted by Gasteiger charge is 2.09. The summed E-state index contributed by atoms with van der Waals surface area (Å²) >= 11 is 10.9. The van der Waals surface area contributed by atoms with Gasteiger partial charge in [0.1, 0.15) is 0 Å². The second-order valence-corrected chi connectivity index (χ2v) is 5.33. The molecule has 5 nitrogen and oxygen atoms in total. The summed E-state index contributed by atoms with van der Waals surface area (Å²) in [6.45, 7) is 0. The first-order chi connectivity index (χ1) is 11.0. The Kier molecular flexibility index (Phi) is 5.67. The zero-order chi connectivity index (χ0) is 16.8. The second-order valence-electron chi connectivity index (χ2n) is 4.48. The third-order valence-corrected chi connectivity index (χ3v) is 3.35. The molecule has 0 heterocycles. The van der Waals surface area contributed by atoms with Crippen molar-refractivity contribution in [2.24, 2.45) is 0 Å². The van der Waals surface area contributed by atoms with Crippen molar-refractivity contribution >= 4 is 46.5 Å². The highest BCUT2D eigenvalue weighted by molar-refractivity contribution is 7.80. The molecule has 0 aliphatic heterocycles. The van der Waals surface area contributed by atoms with Crippen LogP contribution in [0.1, 0.15) is 20.7 Å². The largest absolute Gasteiger partial charge is 0.465 e. The van der Waals surface area contributed by atoms with Gasteiger partial charge in [-0.05, 0) is 60.7 Å². The van der Waals surface area contributed by atoms with Crippen LogP contribution in [0.15, 0.2) is 48.5 Å². The van der Waals surface area contributed by atoms with E-state index in [-0.39, 0.29) is 11.0 Å². The minimum Gasteiger partial charge on any atom is -0.465 e. The molecule has 118 valence electrons. The molecule has 0 bridgehead atoms. The van der Waals surface area contributed by atoms with Gasteiger partial charge in [0.2, 0.25) is 0 Å². The lowest BCUT2D eigenvalue weighted by Gasteiger charge is -2.10. The highest BCUT2D eigenvalue weighted by atomic mass is 35.5. The molecule has 0 saturated carbocycles. The van der Waals surface area contributed by atoms with Gasteiger partial charge in [-0.3, -0.25) is 10.1 Å². The van der Waals surface area contributed by atoms with E-state index in [1.54, 1.807) is 48.5 Å². The van der Waals surface area contributed by atoms with Gasteiger partial charge < -0.3 is 10.1 Å². The SMILES string of the molecule is COC(=O)c1ccc(NC(=S)NC(=O)c2ccc(Cl)cc2)cc1. The van der Waals surface area contributed by atoms with Crippen molar-refractivity contribution in [1.82, 2.24) is 5.32 Å². The van der Waals surface area contributed by atoms with Gasteiger partial charge in [0.05, 0.1) is 12.7 Å². The number of anilines is 1. The van der Waals surface area contributed by atoms with Crippen LogP contribution in [0.5, 0.6) is 0 Å². The number of halogens is 1. The maximum Gasteiger partial charge on any atom is 0.337 e. The van der Waals surface area contributed by atoms with E-state index in [0.29, 0.717) is 21.8 Å². The van der Waals surface area contributed by atoms with Crippen molar-refractivity contribution in [1.29, 1.82) is 0 Å². The average Bonchev–Trinajstić information content (AvgIpc) is 2.55. The number of esters is 1. The van der Waals surface area contributed by atoms with Crippen molar-refractivity contribution in [3.05, 3.63) is 64.7 Å². The standard InChI is InChI=1S/C16H13ClN2O3S/c1-22-15(21)11-4-8-13(9-5-11)18-16(23)19-14(20)10-2-6-12(17)7-3-10/h2-9H,1H3,(H2,18,19,20,23). The molecule has 0 spiro atoms. The fraction of sp³-hybridized carbons (Fsp3) is 0.0625. The normalized spacial score (nSPS) is 9.83. The fourth-order valence-corrected chi connectivity index (χ4v) is 2.08. The maximum atomic E-state index is 12.0. The first-order valence-corrected chi connectivity index (χ1v) is 7.34. The van der Waals surface area contributed by atoms with Crippen LogP contribution in [0.4, 0.5) is 5.69 Å². The number of amides is 1. The third-order valence-electron chi connectivity index (χ3n) is 2.90. The Balaban J connectivity index is 1.95. The number of benzene rings is 2. The van der Waals surface area contributed by atoms with Crippen molar-refractivity contribution in [2.75, 3.05) is 12.4 Å². The van der Waals surface area contributed by atoms with E-state index in [1.807, 2.05) is 0 Å². The number of methoxy groups -OCH3 is 1. The Hall–Kier alpha value is -2.44. The van der Waals surface area contributed by atoms with Crippen molar-refractivity contribution in [3.8, 4) is 0 Å². The molecule has 2 aromatic carbocycles. The molecule has 0 radical (unpaired) electrons. The smallest absolute Gasteiger partial charge is 0.337 e. The van der Waals surface area contributed by atoms with Crippen molar-refractivity contribution in [2.45, 2.75) is 0 Å². The monoisotopic (exact) mass is 348 g/mol. The van der Waals surface area contributed by atoms with Crippen LogP contribution in [-0.2, 0) is 4.74 Å². The van der Waals surface area contributed by atoms with Crippen molar-refractivity contribution < 1.29 is 14.3 Å². The lowest BCUT2D eigenvalue weighted by atomic mass is 10.2. The Labute approximate surface area is 143 Å². The van der Waals surface area contributed by atoms with Gasteiger partial charge in [0.25, 0.3) is 5.91 Å². The van der Waals surface area contributed by atoms with Crippen LogP contribution in [-0.4, -0.2) is 24.1 Å². The van der Waals surface area contributed by atoms with Crippen LogP contribution in [0.3, 0.4) is 0 Å². The molecule has 0 unspecified atom stereocenters. The minimum atomic E-state index is -0.421. The van der Waals surface area contributed by atoms with E-state index in [1.165, 1.54) is 7.11 Å². The topological polar surface area (TPSA) is 67.4 Å². The first kappa shape index (κ1) is 16.9. The molecule has 0 aromatic heterocycles. The molecular weight excluding hydrogens is 336 g/mol. The van der Waals surface area contributed by atoms with Gasteiger partial charge in [0, 0.05) is 16.3 Å². The molecule has 7 heteroatoms. The van der Waals surface area contributed by atoms with E-state index in [2.05, 4.69) is 15.4 Å². The lowest BCUT2D eigenvalue weighted by Crippen LogP contribution is -2.34. The summed E-state index contributed by atoms with van der Waals surface area (Å²) in [4.78, 5) is 23.3. The minimum absolute atomic E-state index is 0.149. The zero-order valence-electron chi connectivity index (χ0n) is 12.1. The van der Waals surface area contributed by atoms with Crippen LogP contribution in [0, 0.1) is 0 Å². The lowest BCUT2D eigenvalue weighted by molar-refractivity contribution is 0.0600. The number of hydrogen-bond acceptors (Lipinski definition) is 4. The van der Waals surface area contributed by atoms with E-state index >= 15 is 0 Å². The Bertz CT molecular complexity index is 730. The summed E-state index contributed by atoms with van der Waals surface area (Å²) in [5.41, 5.74) is 1.51. The number of carbonyl (C=O) groups is 2. The van der Waals surface area contributed by atoms with Crippen LogP contribution in [0.25, 0.3) is 0 Å². The second kappa shape index (κ2) is 7.71. The molecule has 1 amide bonds. The quantitative estimate of drug-likeness (QED) is 0.658. The molecule has 2 N–H and O–H groups in total. The molecule has 23 heavy (non-hydrogen) atoms. The summed E-state index contributed by atoms with van der Waals surface area (Å²) in [5, 5.41) is 6.12. The molecule has 0 aliphatic carbocycles. The van der Waals surface area contributed by atoms with Crippen LogP contribution >= 0.6 is 23.8 Å². The number of thiocarbonyl (C=S) groups is 1. The Morgan fingerprint density at radius 2 is 1.57 bits per heavy atom. The number of ether oxygens (including phenoxy) is 1. The molecule has 0 aliphatic rings. The predicted octanol–water partition coefficient (Wildman–Crippen LogP) is 3.25. The van der Waals surface area contributed by atoms with Gasteiger partial charge in [-0.15, -0.1) is 0 Å². The maximum absolute atomic E-state index is 12.0. The average molecular weight is 349 g/mol. The predicted molar refractivity (Wildman–Crippen MR) is 92.9 cm³/mol. The first-order valence-electron chi connectivity index (χ1n) is 6.56. The third kappa shape index (κ3) is 4.77. The van der Waals surface area contributed by atoms with Crippen LogP contribution < -0.4 is 10.6 Å². The number of rotatable bonds is 3. The molecule has 0 saturated heterocycles. The van der Waals surface area contributed by atoms with Gasteiger partial charge in [-0.25, -0.2) is 4.79 Å². The highest BCUT2D eigenvalue weighted by Crippen LogP contribution is 2.11. The molecule has 0 fully saturated rings. The van der Waals surface area contributed by atoms with Crippen LogP contribution in [0.2, 0.25) is 5.02 Å². The number of nitrogens with one attached hydrogen (secondary N) is 2.